The molecule has 9 heteroatoms. The molecule has 2 N–H and O–H groups in total. The van der Waals surface area contributed by atoms with Crippen LogP contribution in [0.1, 0.15) is 23.9 Å². The molecular formula is C26H25FN6OS. The number of para-hydroxylation sites is 1. The smallest absolute Gasteiger partial charge is 0.253 e. The molecule has 0 saturated heterocycles. The van der Waals surface area contributed by atoms with Crippen LogP contribution in [0, 0.1) is 12.7 Å². The van der Waals surface area contributed by atoms with Gasteiger partial charge >= 0.3 is 0 Å². The second-order valence-electron chi connectivity index (χ2n) is 7.81. The van der Waals surface area contributed by atoms with Crippen LogP contribution >= 0.6 is 11.8 Å². The molecule has 0 aliphatic rings. The summed E-state index contributed by atoms with van der Waals surface area (Å²) in [6, 6.07) is 24.1. The van der Waals surface area contributed by atoms with Crippen molar-refractivity contribution in [1.82, 2.24) is 20.2 Å². The number of hydrogen-bond acceptors (Lipinski definition) is 6. The fourth-order valence-corrected chi connectivity index (χ4v) is 4.11. The largest absolute Gasteiger partial charge is 0.378 e. The normalized spacial score (nSPS) is 12.0. The average Bonchev–Trinajstić information content (AvgIpc) is 3.27. The Bertz CT molecular complexity index is 1310. The molecule has 0 saturated carbocycles. The van der Waals surface area contributed by atoms with Crippen molar-refractivity contribution in [1.29, 1.82) is 0 Å². The first-order chi connectivity index (χ1) is 17.0. The molecule has 0 aliphatic carbocycles. The maximum atomic E-state index is 13.7. The van der Waals surface area contributed by atoms with Gasteiger partial charge in [-0.2, -0.15) is 5.10 Å². The highest BCUT2D eigenvalue weighted by molar-refractivity contribution is 8.00. The lowest BCUT2D eigenvalue weighted by atomic mass is 10.2. The molecule has 0 fully saturated rings. The van der Waals surface area contributed by atoms with E-state index in [1.807, 2.05) is 66.1 Å². The molecule has 1 atom stereocenters. The van der Waals surface area contributed by atoms with Gasteiger partial charge in [-0.1, -0.05) is 65.9 Å². The maximum absolute atomic E-state index is 13.7. The van der Waals surface area contributed by atoms with E-state index in [0.717, 1.165) is 11.4 Å². The van der Waals surface area contributed by atoms with E-state index in [9.17, 15) is 9.18 Å². The van der Waals surface area contributed by atoms with Crippen LogP contribution in [0.5, 0.6) is 0 Å². The number of carbonyl (C=O) groups is 1. The van der Waals surface area contributed by atoms with Crippen LogP contribution in [0.25, 0.3) is 5.69 Å². The molecule has 1 amide bonds. The number of hydrogen-bond donors (Lipinski definition) is 2. The Hall–Kier alpha value is -3.98. The van der Waals surface area contributed by atoms with Gasteiger partial charge in [0.2, 0.25) is 0 Å². The molecule has 1 heterocycles. The van der Waals surface area contributed by atoms with Crippen molar-refractivity contribution in [3.8, 4) is 5.69 Å². The van der Waals surface area contributed by atoms with Gasteiger partial charge in [0, 0.05) is 16.9 Å². The summed E-state index contributed by atoms with van der Waals surface area (Å²) < 4.78 is 15.7. The minimum atomic E-state index is -0.516. The molecule has 0 aliphatic heterocycles. The quantitative estimate of drug-likeness (QED) is 0.198. The fourth-order valence-electron chi connectivity index (χ4n) is 3.23. The molecule has 4 rings (SSSR count). The van der Waals surface area contributed by atoms with E-state index in [4.69, 9.17) is 0 Å². The van der Waals surface area contributed by atoms with E-state index in [1.54, 1.807) is 25.1 Å². The predicted octanol–water partition coefficient (Wildman–Crippen LogP) is 4.96. The Morgan fingerprint density at radius 3 is 2.51 bits per heavy atom. The SMILES string of the molecule is Cc1ccc(NCc2nnc(SC(C)C(=O)NN=Cc3ccccc3F)n2-c2ccccc2)cc1. The topological polar surface area (TPSA) is 84.2 Å². The number of nitrogens with zero attached hydrogens (tertiary/aromatic N) is 4. The third-order valence-electron chi connectivity index (χ3n) is 5.15. The second kappa shape index (κ2) is 11.4. The van der Waals surface area contributed by atoms with E-state index in [1.165, 1.54) is 29.6 Å². The first kappa shape index (κ1) is 24.2. The second-order valence-corrected chi connectivity index (χ2v) is 9.11. The van der Waals surface area contributed by atoms with Crippen LogP contribution in [0.3, 0.4) is 0 Å². The number of aryl methyl sites for hydroxylation is 1. The Labute approximate surface area is 207 Å². The molecule has 0 spiro atoms. The summed E-state index contributed by atoms with van der Waals surface area (Å²) in [5.41, 5.74) is 5.82. The number of carbonyl (C=O) groups excluding carboxylic acids is 1. The van der Waals surface area contributed by atoms with Crippen molar-refractivity contribution < 1.29 is 9.18 Å². The third-order valence-corrected chi connectivity index (χ3v) is 6.19. The summed E-state index contributed by atoms with van der Waals surface area (Å²) in [7, 11) is 0. The van der Waals surface area contributed by atoms with E-state index >= 15 is 0 Å². The highest BCUT2D eigenvalue weighted by atomic mass is 32.2. The lowest BCUT2D eigenvalue weighted by Crippen LogP contribution is -2.27. The summed E-state index contributed by atoms with van der Waals surface area (Å²) in [5.74, 6) is -0.0235. The van der Waals surface area contributed by atoms with Gasteiger partial charge in [-0.05, 0) is 44.2 Å². The number of hydrazone groups is 1. The molecule has 0 radical (unpaired) electrons. The Balaban J connectivity index is 1.47. The Morgan fingerprint density at radius 1 is 1.06 bits per heavy atom. The minimum absolute atomic E-state index is 0.294. The molecule has 7 nitrogen and oxygen atoms in total. The predicted molar refractivity (Wildman–Crippen MR) is 137 cm³/mol. The van der Waals surface area contributed by atoms with Gasteiger partial charge in [-0.15, -0.1) is 10.2 Å². The Morgan fingerprint density at radius 2 is 1.77 bits per heavy atom. The molecular weight excluding hydrogens is 463 g/mol. The van der Waals surface area contributed by atoms with Crippen LogP contribution in [0.2, 0.25) is 0 Å². The van der Waals surface area contributed by atoms with Crippen LogP contribution in [-0.2, 0) is 11.3 Å². The summed E-state index contributed by atoms with van der Waals surface area (Å²) in [5, 5.41) is 16.1. The number of nitrogens with one attached hydrogen (secondary N) is 2. The number of rotatable bonds is 9. The molecule has 35 heavy (non-hydrogen) atoms. The van der Waals surface area contributed by atoms with Crippen molar-refractivity contribution in [2.45, 2.75) is 30.8 Å². The lowest BCUT2D eigenvalue weighted by Gasteiger charge is -2.13. The molecule has 3 aromatic carbocycles. The average molecular weight is 489 g/mol. The zero-order chi connectivity index (χ0) is 24.6. The molecule has 1 unspecified atom stereocenters. The summed E-state index contributed by atoms with van der Waals surface area (Å²) in [6.07, 6.45) is 1.28. The first-order valence-electron chi connectivity index (χ1n) is 11.1. The highest BCUT2D eigenvalue weighted by Crippen LogP contribution is 2.26. The third kappa shape index (κ3) is 6.33. The first-order valence-corrected chi connectivity index (χ1v) is 11.9. The molecule has 4 aromatic rings. The monoisotopic (exact) mass is 488 g/mol. The fraction of sp³-hybridized carbons (Fsp3) is 0.154. The van der Waals surface area contributed by atoms with Crippen molar-refractivity contribution in [2.24, 2.45) is 5.10 Å². The standard InChI is InChI=1S/C26H25FN6OS/c1-18-12-14-21(15-13-18)28-17-24-30-32-26(33(24)22-9-4-3-5-10-22)35-19(2)25(34)31-29-16-20-8-6-7-11-23(20)27/h3-16,19,28H,17H2,1-2H3,(H,31,34). The van der Waals surface area contributed by atoms with E-state index < -0.39 is 11.1 Å². The van der Waals surface area contributed by atoms with Gasteiger partial charge in [0.05, 0.1) is 18.0 Å². The highest BCUT2D eigenvalue weighted by Gasteiger charge is 2.21. The minimum Gasteiger partial charge on any atom is -0.378 e. The van der Waals surface area contributed by atoms with Crippen molar-refractivity contribution in [3.63, 3.8) is 0 Å². The van der Waals surface area contributed by atoms with Gasteiger partial charge in [0.25, 0.3) is 5.91 Å². The van der Waals surface area contributed by atoms with Crippen LogP contribution in [0.4, 0.5) is 10.1 Å². The van der Waals surface area contributed by atoms with E-state index in [-0.39, 0.29) is 5.91 Å². The van der Waals surface area contributed by atoms with E-state index in [0.29, 0.717) is 23.1 Å². The van der Waals surface area contributed by atoms with Crippen LogP contribution in [-0.4, -0.2) is 32.1 Å². The van der Waals surface area contributed by atoms with Gasteiger partial charge in [0.15, 0.2) is 11.0 Å². The zero-order valence-corrected chi connectivity index (χ0v) is 20.2. The number of halogens is 1. The van der Waals surface area contributed by atoms with Crippen molar-refractivity contribution >= 4 is 29.6 Å². The van der Waals surface area contributed by atoms with Crippen LogP contribution in [0.15, 0.2) is 89.1 Å². The molecule has 1 aromatic heterocycles. The van der Waals surface area contributed by atoms with Gasteiger partial charge in [0.1, 0.15) is 5.82 Å². The van der Waals surface area contributed by atoms with Gasteiger partial charge < -0.3 is 5.32 Å². The number of thioether (sulfide) groups is 1. The van der Waals surface area contributed by atoms with Gasteiger partial charge in [-0.3, -0.25) is 9.36 Å². The number of amides is 1. The number of anilines is 1. The van der Waals surface area contributed by atoms with Gasteiger partial charge in [-0.25, -0.2) is 9.82 Å². The van der Waals surface area contributed by atoms with Crippen LogP contribution < -0.4 is 10.7 Å². The Kier molecular flexibility index (Phi) is 7.89. The molecule has 178 valence electrons. The molecule has 0 bridgehead atoms. The number of aromatic nitrogens is 3. The maximum Gasteiger partial charge on any atom is 0.253 e. The summed E-state index contributed by atoms with van der Waals surface area (Å²) >= 11 is 1.27. The van der Waals surface area contributed by atoms with Crippen molar-refractivity contribution in [3.05, 3.63) is 102 Å². The summed E-state index contributed by atoms with van der Waals surface area (Å²) in [4.78, 5) is 12.6. The summed E-state index contributed by atoms with van der Waals surface area (Å²) in [6.45, 7) is 4.26. The zero-order valence-electron chi connectivity index (χ0n) is 19.4. The van der Waals surface area contributed by atoms with Crippen molar-refractivity contribution in [2.75, 3.05) is 5.32 Å². The lowest BCUT2D eigenvalue weighted by molar-refractivity contribution is -0.120. The van der Waals surface area contributed by atoms with E-state index in [2.05, 4.69) is 26.0 Å². The number of benzene rings is 3.